The van der Waals surface area contributed by atoms with Crippen molar-refractivity contribution < 1.29 is 32.2 Å². The molecule has 1 aromatic carbocycles. The minimum absolute atomic E-state index is 0.0507. The van der Waals surface area contributed by atoms with Gasteiger partial charge in [0.25, 0.3) is 5.91 Å². The summed E-state index contributed by atoms with van der Waals surface area (Å²) in [5, 5.41) is 5.87. The monoisotopic (exact) mass is 536 g/mol. The Balaban J connectivity index is 1.46. The molecule has 2 N–H and O–H groups in total. The van der Waals surface area contributed by atoms with Crippen molar-refractivity contribution in [2.24, 2.45) is 0 Å². The zero-order valence-electron chi connectivity index (χ0n) is 21.3. The van der Waals surface area contributed by atoms with Gasteiger partial charge in [0.1, 0.15) is 17.9 Å². The van der Waals surface area contributed by atoms with Gasteiger partial charge in [-0.05, 0) is 57.6 Å². The number of piperidine rings is 1. The first-order valence-corrected chi connectivity index (χ1v) is 12.4. The molecule has 4 rings (SSSR count). The quantitative estimate of drug-likeness (QED) is 0.504. The normalized spacial score (nSPS) is 17.0. The van der Waals surface area contributed by atoms with Gasteiger partial charge in [-0.2, -0.15) is 18.2 Å². The number of ether oxygens (including phenoxy) is 2. The Morgan fingerprint density at radius 2 is 1.97 bits per heavy atom. The summed E-state index contributed by atoms with van der Waals surface area (Å²) in [7, 11) is 3.46. The SMILES string of the molecule is COc1cc(C(=O)NC2CCN(C)CC2)ccc1Nc1ncc(C(F)(F)F)c(OCCN2CCCC2=O)n1. The Labute approximate surface area is 218 Å². The number of amides is 2. The third-order valence-corrected chi connectivity index (χ3v) is 6.59. The Morgan fingerprint density at radius 1 is 1.21 bits per heavy atom. The molecule has 2 aliphatic rings. The van der Waals surface area contributed by atoms with Crippen molar-refractivity contribution in [2.75, 3.05) is 52.3 Å². The number of carbonyl (C=O) groups is 2. The van der Waals surface area contributed by atoms with E-state index < -0.39 is 17.6 Å². The highest BCUT2D eigenvalue weighted by Gasteiger charge is 2.36. The predicted octanol–water partition coefficient (Wildman–Crippen LogP) is 3.07. The van der Waals surface area contributed by atoms with Gasteiger partial charge in [0.2, 0.25) is 17.7 Å². The number of methoxy groups -OCH3 is 1. The Hall–Kier alpha value is -3.61. The maximum atomic E-state index is 13.5. The van der Waals surface area contributed by atoms with E-state index in [1.54, 1.807) is 23.1 Å². The third-order valence-electron chi connectivity index (χ3n) is 6.59. The van der Waals surface area contributed by atoms with Gasteiger partial charge in [-0.25, -0.2) is 4.98 Å². The van der Waals surface area contributed by atoms with E-state index in [0.717, 1.165) is 25.9 Å². The van der Waals surface area contributed by atoms with Gasteiger partial charge in [-0.1, -0.05) is 0 Å². The second kappa shape index (κ2) is 11.8. The zero-order chi connectivity index (χ0) is 27.3. The highest BCUT2D eigenvalue weighted by atomic mass is 19.4. The second-order valence-corrected chi connectivity index (χ2v) is 9.33. The van der Waals surface area contributed by atoms with Crippen LogP contribution >= 0.6 is 0 Å². The van der Waals surface area contributed by atoms with E-state index in [-0.39, 0.29) is 37.0 Å². The molecule has 2 aliphatic heterocycles. The largest absolute Gasteiger partial charge is 0.495 e. The molecule has 2 aromatic rings. The first-order valence-electron chi connectivity index (χ1n) is 12.4. The third kappa shape index (κ3) is 6.82. The minimum Gasteiger partial charge on any atom is -0.495 e. The molecule has 0 bridgehead atoms. The molecule has 0 unspecified atom stereocenters. The number of aromatic nitrogens is 2. The second-order valence-electron chi connectivity index (χ2n) is 9.33. The molecule has 1 aromatic heterocycles. The van der Waals surface area contributed by atoms with Crippen molar-refractivity contribution >= 4 is 23.5 Å². The number of anilines is 2. The molecule has 2 amide bonds. The van der Waals surface area contributed by atoms with E-state index in [4.69, 9.17) is 9.47 Å². The number of alkyl halides is 3. The molecule has 0 spiro atoms. The summed E-state index contributed by atoms with van der Waals surface area (Å²) < 4.78 is 51.3. The predicted molar refractivity (Wildman–Crippen MR) is 133 cm³/mol. The van der Waals surface area contributed by atoms with E-state index in [1.807, 2.05) is 7.05 Å². The molecule has 38 heavy (non-hydrogen) atoms. The fourth-order valence-electron chi connectivity index (χ4n) is 4.40. The van der Waals surface area contributed by atoms with Crippen molar-refractivity contribution in [2.45, 2.75) is 37.9 Å². The minimum atomic E-state index is -4.72. The lowest BCUT2D eigenvalue weighted by Gasteiger charge is -2.29. The van der Waals surface area contributed by atoms with Crippen LogP contribution in [0.1, 0.15) is 41.6 Å². The van der Waals surface area contributed by atoms with Gasteiger partial charge >= 0.3 is 6.18 Å². The van der Waals surface area contributed by atoms with E-state index in [0.29, 0.717) is 42.6 Å². The highest BCUT2D eigenvalue weighted by Crippen LogP contribution is 2.36. The number of nitrogens with zero attached hydrogens (tertiary/aromatic N) is 4. The van der Waals surface area contributed by atoms with Crippen molar-refractivity contribution in [1.82, 2.24) is 25.1 Å². The molecular weight excluding hydrogens is 505 g/mol. The number of benzene rings is 1. The first kappa shape index (κ1) is 27.4. The first-order chi connectivity index (χ1) is 18.1. The lowest BCUT2D eigenvalue weighted by Crippen LogP contribution is -2.43. The number of likely N-dealkylation sites (tertiary alicyclic amines) is 2. The lowest BCUT2D eigenvalue weighted by molar-refractivity contribution is -0.139. The molecule has 3 heterocycles. The fraction of sp³-hybridized carbons (Fsp3) is 0.520. The van der Waals surface area contributed by atoms with E-state index in [1.165, 1.54) is 7.11 Å². The molecule has 13 heteroatoms. The summed E-state index contributed by atoms with van der Waals surface area (Å²) in [5.74, 6) is -0.783. The Morgan fingerprint density at radius 3 is 2.63 bits per heavy atom. The van der Waals surface area contributed by atoms with Crippen LogP contribution in [0.4, 0.5) is 24.8 Å². The fourth-order valence-corrected chi connectivity index (χ4v) is 4.40. The van der Waals surface area contributed by atoms with Crippen LogP contribution in [-0.2, 0) is 11.0 Å². The maximum Gasteiger partial charge on any atom is 0.423 e. The standard InChI is InChI=1S/C25H31F3N6O4/c1-33-10-7-17(8-11-33)30-22(36)16-5-6-19(20(14-16)37-2)31-24-29-15-18(25(26,27)28)23(32-24)38-13-12-34-9-3-4-21(34)35/h5-6,14-15,17H,3-4,7-13H2,1-2H3,(H,30,36)(H,29,31,32). The molecule has 0 saturated carbocycles. The van der Waals surface area contributed by atoms with Gasteiger partial charge in [0.15, 0.2) is 0 Å². The average molecular weight is 537 g/mol. The Bertz CT molecular complexity index is 1150. The molecular formula is C25H31F3N6O4. The molecule has 2 saturated heterocycles. The molecule has 0 aliphatic carbocycles. The average Bonchev–Trinajstić information content (AvgIpc) is 3.29. The van der Waals surface area contributed by atoms with Crippen molar-refractivity contribution in [3.05, 3.63) is 35.5 Å². The van der Waals surface area contributed by atoms with Crippen LogP contribution in [0.15, 0.2) is 24.4 Å². The smallest absolute Gasteiger partial charge is 0.423 e. The lowest BCUT2D eigenvalue weighted by atomic mass is 10.0. The van der Waals surface area contributed by atoms with Crippen LogP contribution in [0, 0.1) is 0 Å². The van der Waals surface area contributed by atoms with E-state index in [2.05, 4.69) is 25.5 Å². The maximum absolute atomic E-state index is 13.5. The van der Waals surface area contributed by atoms with Crippen LogP contribution < -0.4 is 20.1 Å². The molecule has 0 radical (unpaired) electrons. The topological polar surface area (TPSA) is 109 Å². The van der Waals surface area contributed by atoms with Gasteiger partial charge in [0, 0.05) is 30.8 Å². The summed E-state index contributed by atoms with van der Waals surface area (Å²) in [6.45, 7) is 2.39. The van der Waals surface area contributed by atoms with Crippen LogP contribution in [0.5, 0.6) is 11.6 Å². The summed E-state index contributed by atoms with van der Waals surface area (Å²) in [5.41, 5.74) is -0.374. The number of carbonyl (C=O) groups excluding carboxylic acids is 2. The number of hydrogen-bond donors (Lipinski definition) is 2. The highest BCUT2D eigenvalue weighted by molar-refractivity contribution is 5.95. The molecule has 0 atom stereocenters. The van der Waals surface area contributed by atoms with Crippen LogP contribution in [-0.4, -0.2) is 84.6 Å². The van der Waals surface area contributed by atoms with Crippen molar-refractivity contribution in [3.63, 3.8) is 0 Å². The van der Waals surface area contributed by atoms with Crippen LogP contribution in [0.25, 0.3) is 0 Å². The van der Waals surface area contributed by atoms with Crippen LogP contribution in [0.3, 0.4) is 0 Å². The van der Waals surface area contributed by atoms with Gasteiger partial charge < -0.3 is 29.9 Å². The molecule has 10 nitrogen and oxygen atoms in total. The number of halogens is 3. The van der Waals surface area contributed by atoms with Crippen molar-refractivity contribution in [1.29, 1.82) is 0 Å². The Kier molecular flexibility index (Phi) is 8.55. The van der Waals surface area contributed by atoms with E-state index >= 15 is 0 Å². The summed E-state index contributed by atoms with van der Waals surface area (Å²) in [6.07, 6.45) is -1.21. The summed E-state index contributed by atoms with van der Waals surface area (Å²) in [4.78, 5) is 36.0. The van der Waals surface area contributed by atoms with Gasteiger partial charge in [-0.15, -0.1) is 0 Å². The summed E-state index contributed by atoms with van der Waals surface area (Å²) in [6, 6.07) is 4.79. The van der Waals surface area contributed by atoms with Gasteiger partial charge in [-0.3, -0.25) is 9.59 Å². The number of rotatable bonds is 9. The van der Waals surface area contributed by atoms with Crippen molar-refractivity contribution in [3.8, 4) is 11.6 Å². The zero-order valence-corrected chi connectivity index (χ0v) is 21.3. The number of hydrogen-bond acceptors (Lipinski definition) is 8. The van der Waals surface area contributed by atoms with Crippen LogP contribution in [0.2, 0.25) is 0 Å². The summed E-state index contributed by atoms with van der Waals surface area (Å²) >= 11 is 0. The number of nitrogens with one attached hydrogen (secondary N) is 2. The van der Waals surface area contributed by atoms with Gasteiger partial charge in [0.05, 0.1) is 19.3 Å². The molecule has 206 valence electrons. The van der Waals surface area contributed by atoms with E-state index in [9.17, 15) is 22.8 Å². The molecule has 2 fully saturated rings.